The number of benzene rings is 1. The monoisotopic (exact) mass is 443 g/mol. The summed E-state index contributed by atoms with van der Waals surface area (Å²) in [7, 11) is 1.65. The Morgan fingerprint density at radius 3 is 2.65 bits per heavy atom. The first-order chi connectivity index (χ1) is 15.2. The van der Waals surface area contributed by atoms with Gasteiger partial charge in [-0.2, -0.15) is 5.10 Å². The normalized spacial score (nSPS) is 21.4. The number of carboxylic acid groups (broad SMARTS) is 1. The van der Waals surface area contributed by atoms with Crippen LogP contribution in [-0.4, -0.2) is 45.7 Å². The predicted octanol–water partition coefficient (Wildman–Crippen LogP) is 3.71. The minimum atomic E-state index is -0.250. The highest BCUT2D eigenvalue weighted by atomic mass is 32.1. The number of nitrogens with zero attached hydrogens (tertiary/aromatic N) is 3. The van der Waals surface area contributed by atoms with Gasteiger partial charge in [0.05, 0.1) is 25.9 Å². The summed E-state index contributed by atoms with van der Waals surface area (Å²) in [5.74, 6) is 3.67. The highest BCUT2D eigenvalue weighted by molar-refractivity contribution is 7.09. The molecule has 0 spiro atoms. The van der Waals surface area contributed by atoms with Gasteiger partial charge in [-0.1, -0.05) is 6.07 Å². The van der Waals surface area contributed by atoms with E-state index in [2.05, 4.69) is 17.5 Å². The highest BCUT2D eigenvalue weighted by Crippen LogP contribution is 2.44. The molecule has 0 radical (unpaired) electrons. The van der Waals surface area contributed by atoms with Crippen LogP contribution in [0.1, 0.15) is 41.7 Å². The number of thiophene rings is 1. The van der Waals surface area contributed by atoms with Crippen molar-refractivity contribution in [2.24, 2.45) is 0 Å². The Labute approximate surface area is 184 Å². The minimum Gasteiger partial charge on any atom is -0.497 e. The lowest BCUT2D eigenvalue weighted by Crippen LogP contribution is -2.19. The van der Waals surface area contributed by atoms with E-state index in [0.29, 0.717) is 24.5 Å². The lowest BCUT2D eigenvalue weighted by Gasteiger charge is -2.18. The predicted molar refractivity (Wildman–Crippen MR) is 115 cm³/mol. The highest BCUT2D eigenvalue weighted by Gasteiger charge is 2.43. The van der Waals surface area contributed by atoms with E-state index in [9.17, 15) is 0 Å². The second-order valence-corrected chi connectivity index (χ2v) is 8.44. The van der Waals surface area contributed by atoms with Crippen molar-refractivity contribution in [3.05, 3.63) is 58.3 Å². The number of hydrogen-bond donors (Lipinski definition) is 1. The Kier molecular flexibility index (Phi) is 6.83. The second-order valence-electron chi connectivity index (χ2n) is 7.41. The van der Waals surface area contributed by atoms with E-state index in [1.165, 1.54) is 11.3 Å². The maximum atomic E-state index is 8.36. The van der Waals surface area contributed by atoms with E-state index >= 15 is 0 Å². The molecular formula is C22H25N3O5S. The van der Waals surface area contributed by atoms with Crippen LogP contribution in [0, 0.1) is 0 Å². The molecule has 5 rings (SSSR count). The fourth-order valence-corrected chi connectivity index (χ4v) is 4.82. The van der Waals surface area contributed by atoms with E-state index < -0.39 is 0 Å². The van der Waals surface area contributed by atoms with Crippen molar-refractivity contribution in [2.45, 2.75) is 50.5 Å². The first-order valence-corrected chi connectivity index (χ1v) is 11.0. The lowest BCUT2D eigenvalue weighted by molar-refractivity contribution is -0.122. The van der Waals surface area contributed by atoms with Crippen LogP contribution in [0.5, 0.6) is 11.5 Å². The van der Waals surface area contributed by atoms with Crippen molar-refractivity contribution < 1.29 is 24.1 Å². The summed E-state index contributed by atoms with van der Waals surface area (Å²) in [6.07, 6.45) is 4.02. The average molecular weight is 444 g/mol. The Morgan fingerprint density at radius 1 is 1.26 bits per heavy atom. The Hall–Kier alpha value is -2.91. The summed E-state index contributed by atoms with van der Waals surface area (Å²) in [6.45, 7) is 0.842. The number of carbonyl (C=O) groups is 1. The molecule has 1 aromatic carbocycles. The number of methoxy groups -OCH3 is 1. The van der Waals surface area contributed by atoms with Crippen molar-refractivity contribution in [3.8, 4) is 11.5 Å². The summed E-state index contributed by atoms with van der Waals surface area (Å²) in [5, 5.41) is 13.8. The standard InChI is InChI=1S/C21H23N3O3S.CH2O2/c1-25-14-4-6-15(7-5-14)26-13-20-22-21(18-11-16-8-9-19(18)27-16)24(23-20)12-17-3-2-10-28-17;2-1-3/h2-7,10,16,18-19H,8-9,11-13H2,1H3;1H,(H,2,3)/t16-,18-,19+;/m0./s1. The third kappa shape index (κ3) is 5.05. The topological polar surface area (TPSA) is 95.7 Å². The maximum absolute atomic E-state index is 8.36. The molecule has 0 aliphatic carbocycles. The molecule has 2 fully saturated rings. The molecule has 1 N–H and O–H groups in total. The van der Waals surface area contributed by atoms with Crippen LogP contribution in [0.15, 0.2) is 41.8 Å². The van der Waals surface area contributed by atoms with Crippen LogP contribution in [0.25, 0.3) is 0 Å². The molecule has 3 atom stereocenters. The van der Waals surface area contributed by atoms with Gasteiger partial charge in [0.2, 0.25) is 0 Å². The molecule has 8 nitrogen and oxygen atoms in total. The largest absolute Gasteiger partial charge is 0.497 e. The number of fused-ring (bicyclic) bond motifs is 2. The molecule has 0 saturated carbocycles. The van der Waals surface area contributed by atoms with Gasteiger partial charge in [0.1, 0.15) is 23.9 Å². The molecular weight excluding hydrogens is 418 g/mol. The molecule has 9 heteroatoms. The van der Waals surface area contributed by atoms with Gasteiger partial charge in [0, 0.05) is 10.8 Å². The third-order valence-corrected chi connectivity index (χ3v) is 6.36. The van der Waals surface area contributed by atoms with Crippen molar-refractivity contribution >= 4 is 17.8 Å². The Morgan fingerprint density at radius 2 is 2.03 bits per heavy atom. The fraction of sp³-hybridized carbons (Fsp3) is 0.409. The quantitative estimate of drug-likeness (QED) is 0.556. The van der Waals surface area contributed by atoms with Crippen molar-refractivity contribution in [2.75, 3.05) is 7.11 Å². The van der Waals surface area contributed by atoms with Gasteiger partial charge in [-0.15, -0.1) is 11.3 Å². The lowest BCUT2D eigenvalue weighted by atomic mass is 9.88. The van der Waals surface area contributed by atoms with E-state index in [1.807, 2.05) is 28.9 Å². The molecule has 0 amide bonds. The van der Waals surface area contributed by atoms with Gasteiger partial charge in [-0.05, 0) is 55.0 Å². The first-order valence-electron chi connectivity index (χ1n) is 10.2. The summed E-state index contributed by atoms with van der Waals surface area (Å²) in [6, 6.07) is 11.8. The molecule has 2 aliphatic heterocycles. The maximum Gasteiger partial charge on any atom is 0.290 e. The molecule has 0 unspecified atom stereocenters. The summed E-state index contributed by atoms with van der Waals surface area (Å²) < 4.78 is 19.2. The van der Waals surface area contributed by atoms with Crippen molar-refractivity contribution in [1.29, 1.82) is 0 Å². The minimum absolute atomic E-state index is 0.250. The summed E-state index contributed by atoms with van der Waals surface area (Å²) >= 11 is 1.74. The smallest absolute Gasteiger partial charge is 0.290 e. The van der Waals surface area contributed by atoms with E-state index in [4.69, 9.17) is 34.2 Å². The zero-order valence-electron chi connectivity index (χ0n) is 17.2. The summed E-state index contributed by atoms with van der Waals surface area (Å²) in [5.41, 5.74) is 0. The molecule has 2 bridgehead atoms. The molecule has 2 saturated heterocycles. The van der Waals surface area contributed by atoms with Gasteiger partial charge in [0.15, 0.2) is 5.82 Å². The Balaban J connectivity index is 0.000000730. The number of aromatic nitrogens is 3. The van der Waals surface area contributed by atoms with Crippen LogP contribution in [0.3, 0.4) is 0 Å². The molecule has 3 aromatic rings. The second kappa shape index (κ2) is 9.93. The zero-order valence-corrected chi connectivity index (χ0v) is 18.0. The van der Waals surface area contributed by atoms with Gasteiger partial charge in [-0.3, -0.25) is 4.79 Å². The van der Waals surface area contributed by atoms with E-state index in [-0.39, 0.29) is 12.6 Å². The van der Waals surface area contributed by atoms with E-state index in [0.717, 1.165) is 36.7 Å². The van der Waals surface area contributed by atoms with Crippen LogP contribution in [-0.2, 0) is 22.7 Å². The van der Waals surface area contributed by atoms with Crippen LogP contribution < -0.4 is 9.47 Å². The SMILES string of the molecule is COc1ccc(OCc2nc([C@H]3C[C@@H]4CC[C@H]3O4)n(Cc3cccs3)n2)cc1.O=CO. The van der Waals surface area contributed by atoms with Gasteiger partial charge >= 0.3 is 0 Å². The van der Waals surface area contributed by atoms with Crippen molar-refractivity contribution in [3.63, 3.8) is 0 Å². The number of hydrogen-bond acceptors (Lipinski definition) is 7. The molecule has 31 heavy (non-hydrogen) atoms. The average Bonchev–Trinajstić information content (AvgIpc) is 3.58. The van der Waals surface area contributed by atoms with Crippen LogP contribution >= 0.6 is 11.3 Å². The zero-order chi connectivity index (χ0) is 21.6. The molecule has 164 valence electrons. The van der Waals surface area contributed by atoms with Crippen LogP contribution in [0.4, 0.5) is 0 Å². The molecule has 2 aromatic heterocycles. The molecule has 4 heterocycles. The Bertz CT molecular complexity index is 974. The van der Waals surface area contributed by atoms with Gasteiger partial charge in [-0.25, -0.2) is 9.67 Å². The first kappa shape index (κ1) is 21.3. The van der Waals surface area contributed by atoms with Gasteiger partial charge in [0.25, 0.3) is 6.47 Å². The van der Waals surface area contributed by atoms with E-state index in [1.54, 1.807) is 18.4 Å². The summed E-state index contributed by atoms with van der Waals surface area (Å²) in [4.78, 5) is 14.5. The van der Waals surface area contributed by atoms with Gasteiger partial charge < -0.3 is 19.3 Å². The fourth-order valence-electron chi connectivity index (χ4n) is 4.13. The number of rotatable bonds is 7. The third-order valence-electron chi connectivity index (χ3n) is 5.49. The molecule has 2 aliphatic rings. The van der Waals surface area contributed by atoms with Crippen LogP contribution in [0.2, 0.25) is 0 Å². The number of ether oxygens (including phenoxy) is 3. The van der Waals surface area contributed by atoms with Crippen molar-refractivity contribution in [1.82, 2.24) is 14.8 Å².